The molecular weight excluding hydrogens is 120 g/mol. The predicted octanol–water partition coefficient (Wildman–Crippen LogP) is 0.478. The zero-order valence-electron chi connectivity index (χ0n) is 5.66. The molecule has 0 heterocycles. The first-order valence-electron chi connectivity index (χ1n) is 3.00. The highest BCUT2D eigenvalue weighted by Gasteiger charge is 2.18. The Bertz CT molecular complexity index is 100. The van der Waals surface area contributed by atoms with Crippen LogP contribution in [0.4, 0.5) is 0 Å². The molecule has 0 aromatic heterocycles. The standard InChI is InChI=1S/C6H12O3/c1-3-5(7)4(2)6(8)9/h4-5,7H,3H2,1-2H3,(H,8,9)/t4-,5-/m1/s1. The molecule has 3 heteroatoms. The summed E-state index contributed by atoms with van der Waals surface area (Å²) < 4.78 is 0. The zero-order chi connectivity index (χ0) is 7.44. The minimum Gasteiger partial charge on any atom is -0.481 e. The van der Waals surface area contributed by atoms with Gasteiger partial charge in [0, 0.05) is 0 Å². The number of aliphatic carboxylic acids is 1. The minimum absolute atomic E-state index is 0.494. The van der Waals surface area contributed by atoms with E-state index in [0.29, 0.717) is 6.42 Å². The van der Waals surface area contributed by atoms with Gasteiger partial charge in [-0.1, -0.05) is 6.92 Å². The summed E-state index contributed by atoms with van der Waals surface area (Å²) in [5.74, 6) is -1.58. The van der Waals surface area contributed by atoms with Crippen molar-refractivity contribution >= 4 is 5.97 Å². The molecule has 2 N–H and O–H groups in total. The van der Waals surface area contributed by atoms with Crippen LogP contribution in [-0.2, 0) is 4.79 Å². The first kappa shape index (κ1) is 8.43. The van der Waals surface area contributed by atoms with Gasteiger partial charge in [0.15, 0.2) is 0 Å². The number of aliphatic hydroxyl groups excluding tert-OH is 1. The minimum atomic E-state index is -0.940. The number of hydrogen-bond acceptors (Lipinski definition) is 2. The van der Waals surface area contributed by atoms with Crippen LogP contribution in [0.15, 0.2) is 0 Å². The lowest BCUT2D eigenvalue weighted by molar-refractivity contribution is -0.144. The third kappa shape index (κ3) is 2.46. The Kier molecular flexibility index (Phi) is 3.24. The molecule has 0 aliphatic carbocycles. The van der Waals surface area contributed by atoms with Gasteiger partial charge in [-0.15, -0.1) is 0 Å². The molecule has 3 nitrogen and oxygen atoms in total. The molecule has 0 bridgehead atoms. The van der Waals surface area contributed by atoms with Crippen LogP contribution >= 0.6 is 0 Å². The fourth-order valence-electron chi connectivity index (χ4n) is 0.518. The zero-order valence-corrected chi connectivity index (χ0v) is 5.66. The summed E-state index contributed by atoms with van der Waals surface area (Å²) in [4.78, 5) is 10.1. The number of aliphatic hydroxyl groups is 1. The second kappa shape index (κ2) is 3.45. The van der Waals surface area contributed by atoms with Gasteiger partial charge in [-0.3, -0.25) is 4.79 Å². The smallest absolute Gasteiger partial charge is 0.308 e. The van der Waals surface area contributed by atoms with Crippen LogP contribution in [-0.4, -0.2) is 22.3 Å². The van der Waals surface area contributed by atoms with Crippen molar-refractivity contribution in [1.29, 1.82) is 0 Å². The summed E-state index contributed by atoms with van der Waals surface area (Å²) in [7, 11) is 0. The van der Waals surface area contributed by atoms with Gasteiger partial charge in [0.25, 0.3) is 0 Å². The molecule has 0 aliphatic heterocycles. The van der Waals surface area contributed by atoms with E-state index in [1.165, 1.54) is 6.92 Å². The number of carboxylic acids is 1. The summed E-state index contributed by atoms with van der Waals surface area (Å²) in [6.45, 7) is 3.25. The maximum atomic E-state index is 10.1. The summed E-state index contributed by atoms with van der Waals surface area (Å²) in [6.07, 6.45) is -0.213. The van der Waals surface area contributed by atoms with Gasteiger partial charge in [0.1, 0.15) is 0 Å². The topological polar surface area (TPSA) is 57.5 Å². The van der Waals surface area contributed by atoms with Crippen LogP contribution in [0.2, 0.25) is 0 Å². The summed E-state index contributed by atoms with van der Waals surface area (Å²) in [5.41, 5.74) is 0. The van der Waals surface area contributed by atoms with E-state index in [4.69, 9.17) is 10.2 Å². The second-order valence-electron chi connectivity index (χ2n) is 2.10. The van der Waals surface area contributed by atoms with Gasteiger partial charge < -0.3 is 10.2 Å². The van der Waals surface area contributed by atoms with Crippen molar-refractivity contribution in [3.63, 3.8) is 0 Å². The Morgan fingerprint density at radius 2 is 2.11 bits per heavy atom. The van der Waals surface area contributed by atoms with Crippen molar-refractivity contribution in [2.45, 2.75) is 26.4 Å². The summed E-state index contributed by atoms with van der Waals surface area (Å²) in [5, 5.41) is 17.2. The summed E-state index contributed by atoms with van der Waals surface area (Å²) in [6, 6.07) is 0. The normalized spacial score (nSPS) is 16.8. The average molecular weight is 132 g/mol. The first-order chi connectivity index (χ1) is 4.09. The molecule has 0 spiro atoms. The van der Waals surface area contributed by atoms with Crippen LogP contribution in [0, 0.1) is 5.92 Å². The number of hydrogen-bond donors (Lipinski definition) is 2. The number of carboxylic acid groups (broad SMARTS) is 1. The molecule has 9 heavy (non-hydrogen) atoms. The highest BCUT2D eigenvalue weighted by atomic mass is 16.4. The lowest BCUT2D eigenvalue weighted by Gasteiger charge is -2.10. The second-order valence-corrected chi connectivity index (χ2v) is 2.10. The Hall–Kier alpha value is -0.570. The quantitative estimate of drug-likeness (QED) is 0.587. The van der Waals surface area contributed by atoms with E-state index in [0.717, 1.165) is 0 Å². The van der Waals surface area contributed by atoms with Gasteiger partial charge >= 0.3 is 5.97 Å². The Labute approximate surface area is 54.3 Å². The highest BCUT2D eigenvalue weighted by molar-refractivity contribution is 5.70. The van der Waals surface area contributed by atoms with Gasteiger partial charge in [0.05, 0.1) is 12.0 Å². The van der Waals surface area contributed by atoms with E-state index in [-0.39, 0.29) is 0 Å². The van der Waals surface area contributed by atoms with Crippen LogP contribution in [0.3, 0.4) is 0 Å². The monoisotopic (exact) mass is 132 g/mol. The molecule has 0 aliphatic rings. The van der Waals surface area contributed by atoms with Crippen LogP contribution in [0.5, 0.6) is 0 Å². The lowest BCUT2D eigenvalue weighted by Crippen LogP contribution is -2.24. The van der Waals surface area contributed by atoms with Crippen LogP contribution < -0.4 is 0 Å². The molecule has 0 unspecified atom stereocenters. The van der Waals surface area contributed by atoms with Crippen molar-refractivity contribution in [2.24, 2.45) is 5.92 Å². The molecule has 2 atom stereocenters. The Morgan fingerprint density at radius 1 is 1.67 bits per heavy atom. The molecule has 0 saturated carbocycles. The van der Waals surface area contributed by atoms with E-state index in [1.807, 2.05) is 0 Å². The third-order valence-corrected chi connectivity index (χ3v) is 1.38. The van der Waals surface area contributed by atoms with E-state index in [9.17, 15) is 4.79 Å². The molecule has 0 radical (unpaired) electrons. The molecular formula is C6H12O3. The molecule has 0 aromatic carbocycles. The first-order valence-corrected chi connectivity index (χ1v) is 3.00. The Morgan fingerprint density at radius 3 is 2.22 bits per heavy atom. The van der Waals surface area contributed by atoms with E-state index < -0.39 is 18.0 Å². The maximum absolute atomic E-state index is 10.1. The van der Waals surface area contributed by atoms with Crippen molar-refractivity contribution in [3.8, 4) is 0 Å². The molecule has 0 rings (SSSR count). The van der Waals surface area contributed by atoms with Gasteiger partial charge in [-0.05, 0) is 13.3 Å². The van der Waals surface area contributed by atoms with Crippen LogP contribution in [0.1, 0.15) is 20.3 Å². The third-order valence-electron chi connectivity index (χ3n) is 1.38. The van der Waals surface area contributed by atoms with Crippen molar-refractivity contribution in [3.05, 3.63) is 0 Å². The SMILES string of the molecule is CC[C@@H](O)[C@@H](C)C(=O)O. The molecule has 0 saturated heterocycles. The number of carbonyl (C=O) groups is 1. The van der Waals surface area contributed by atoms with Crippen molar-refractivity contribution in [1.82, 2.24) is 0 Å². The molecule has 0 aromatic rings. The maximum Gasteiger partial charge on any atom is 0.308 e. The van der Waals surface area contributed by atoms with Crippen LogP contribution in [0.25, 0.3) is 0 Å². The lowest BCUT2D eigenvalue weighted by atomic mass is 10.0. The van der Waals surface area contributed by atoms with E-state index >= 15 is 0 Å². The predicted molar refractivity (Wildman–Crippen MR) is 33.1 cm³/mol. The van der Waals surface area contributed by atoms with Crippen molar-refractivity contribution in [2.75, 3.05) is 0 Å². The van der Waals surface area contributed by atoms with Crippen molar-refractivity contribution < 1.29 is 15.0 Å². The Balaban J connectivity index is 3.72. The molecule has 0 fully saturated rings. The fraction of sp³-hybridized carbons (Fsp3) is 0.833. The summed E-state index contributed by atoms with van der Waals surface area (Å²) >= 11 is 0. The van der Waals surface area contributed by atoms with Gasteiger partial charge in [-0.25, -0.2) is 0 Å². The van der Waals surface area contributed by atoms with E-state index in [2.05, 4.69) is 0 Å². The number of rotatable bonds is 3. The molecule has 0 amide bonds. The molecule has 54 valence electrons. The van der Waals surface area contributed by atoms with E-state index in [1.54, 1.807) is 6.92 Å². The largest absolute Gasteiger partial charge is 0.481 e. The fourth-order valence-corrected chi connectivity index (χ4v) is 0.518. The van der Waals surface area contributed by atoms with Gasteiger partial charge in [-0.2, -0.15) is 0 Å². The van der Waals surface area contributed by atoms with Gasteiger partial charge in [0.2, 0.25) is 0 Å². The highest BCUT2D eigenvalue weighted by Crippen LogP contribution is 2.05. The average Bonchev–Trinajstić information content (AvgIpc) is 1.84.